The Morgan fingerprint density at radius 3 is 2.48 bits per heavy atom. The molecule has 2 amide bonds. The highest BCUT2D eigenvalue weighted by molar-refractivity contribution is 6.47. The van der Waals surface area contributed by atoms with Crippen molar-refractivity contribution in [2.24, 2.45) is 17.3 Å². The summed E-state index contributed by atoms with van der Waals surface area (Å²) in [6.45, 7) is 10.4. The monoisotopic (exact) mass is 713 g/mol. The summed E-state index contributed by atoms with van der Waals surface area (Å²) < 4.78 is 13.6. The first kappa shape index (κ1) is 36.2. The van der Waals surface area contributed by atoms with E-state index in [2.05, 4.69) is 56.2 Å². The van der Waals surface area contributed by atoms with Gasteiger partial charge in [-0.25, -0.2) is 0 Å². The molecule has 262 valence electrons. The standard InChI is InChI=1S/C40H46BCl2N3O4/c1-6-12-33(44-36(21-25-13-9-8-10-14-25)41-49-35-23-27-22-31(38(35)50-41)40(27,3)4)34(45-39(48)30-24-28(42)17-18-32(30)43)20-26-15-11-16-29(19-26)46(5)37(47)7-2/h7-19,24,27,31,34-36,38,44H,2,6,20-23H2,1,3-5H3,(H,45,48)/b33-12+/t27?,31?,34-,35?,36?,38?/m0/s1. The fourth-order valence-electron chi connectivity index (χ4n) is 7.91. The second kappa shape index (κ2) is 15.4. The van der Waals surface area contributed by atoms with Crippen molar-refractivity contribution in [2.45, 2.75) is 77.1 Å². The average molecular weight is 715 g/mol. The Morgan fingerprint density at radius 1 is 1.00 bits per heavy atom. The molecular weight excluding hydrogens is 668 g/mol. The molecular formula is C40H46BCl2N3O4. The van der Waals surface area contributed by atoms with Gasteiger partial charge in [-0.3, -0.25) is 9.59 Å². The van der Waals surface area contributed by atoms with Gasteiger partial charge < -0.3 is 24.8 Å². The highest BCUT2D eigenvalue weighted by atomic mass is 35.5. The van der Waals surface area contributed by atoms with Crippen LogP contribution >= 0.6 is 23.2 Å². The zero-order chi connectivity index (χ0) is 35.6. The van der Waals surface area contributed by atoms with Crippen molar-refractivity contribution < 1.29 is 18.9 Å². The molecule has 5 unspecified atom stereocenters. The lowest BCUT2D eigenvalue weighted by molar-refractivity contribution is -0.150. The number of likely N-dealkylation sites (N-methyl/N-ethyl adjacent to an activating group) is 1. The van der Waals surface area contributed by atoms with Gasteiger partial charge in [0.1, 0.15) is 0 Å². The minimum absolute atomic E-state index is 0.0668. The number of anilines is 1. The van der Waals surface area contributed by atoms with E-state index in [1.165, 1.54) is 12.5 Å². The SMILES string of the molecule is C=CC(=O)N(C)c1cccc(C[C@H](NC(=O)c2cc(Cl)ccc2Cl)/C(=C\CC)NC(Cc2ccccc2)B2OC3CC4CC(C3O2)C4(C)C)c1. The fraction of sp³-hybridized carbons (Fsp3) is 0.400. The van der Waals surface area contributed by atoms with E-state index in [0.717, 1.165) is 35.4 Å². The van der Waals surface area contributed by atoms with Gasteiger partial charge >= 0.3 is 7.12 Å². The smallest absolute Gasteiger partial charge is 0.404 e. The lowest BCUT2D eigenvalue weighted by Crippen LogP contribution is -2.59. The highest BCUT2D eigenvalue weighted by Crippen LogP contribution is 2.61. The van der Waals surface area contributed by atoms with E-state index in [9.17, 15) is 9.59 Å². The van der Waals surface area contributed by atoms with Crippen LogP contribution in [-0.4, -0.2) is 50.2 Å². The predicted octanol–water partition coefficient (Wildman–Crippen LogP) is 7.86. The van der Waals surface area contributed by atoms with Crippen LogP contribution < -0.4 is 15.5 Å². The quantitative estimate of drug-likeness (QED) is 0.139. The molecule has 0 aromatic heterocycles. The summed E-state index contributed by atoms with van der Waals surface area (Å²) in [5.74, 6) is 0.340. The molecule has 3 aromatic rings. The van der Waals surface area contributed by atoms with E-state index < -0.39 is 13.2 Å². The molecule has 1 heterocycles. The van der Waals surface area contributed by atoms with Crippen molar-refractivity contribution in [1.29, 1.82) is 0 Å². The number of allylic oxidation sites excluding steroid dienone is 1. The summed E-state index contributed by atoms with van der Waals surface area (Å²) in [6.07, 6.45) is 7.56. The van der Waals surface area contributed by atoms with Crippen molar-refractivity contribution in [2.75, 3.05) is 11.9 Å². The maximum Gasteiger partial charge on any atom is 0.481 e. The third kappa shape index (κ3) is 7.69. The van der Waals surface area contributed by atoms with Crippen LogP contribution in [0.5, 0.6) is 0 Å². The molecule has 1 saturated heterocycles. The van der Waals surface area contributed by atoms with Gasteiger partial charge in [0.15, 0.2) is 0 Å². The third-order valence-corrected chi connectivity index (χ3v) is 11.5. The molecule has 3 aromatic carbocycles. The van der Waals surface area contributed by atoms with Crippen LogP contribution in [-0.2, 0) is 26.9 Å². The molecule has 4 fully saturated rings. The maximum atomic E-state index is 13.9. The number of benzene rings is 3. The minimum atomic E-state index is -0.498. The van der Waals surface area contributed by atoms with Gasteiger partial charge in [-0.05, 0) is 96.9 Å². The summed E-state index contributed by atoms with van der Waals surface area (Å²) in [6, 6.07) is 22.4. The molecule has 1 aliphatic heterocycles. The molecule has 4 aliphatic rings. The number of rotatable bonds is 13. The Morgan fingerprint density at radius 2 is 1.76 bits per heavy atom. The highest BCUT2D eigenvalue weighted by Gasteiger charge is 2.62. The van der Waals surface area contributed by atoms with E-state index in [1.54, 1.807) is 30.1 Å². The van der Waals surface area contributed by atoms with Crippen LogP contribution in [0.4, 0.5) is 5.69 Å². The first-order valence-corrected chi connectivity index (χ1v) is 18.3. The van der Waals surface area contributed by atoms with Crippen LogP contribution in [0.3, 0.4) is 0 Å². The molecule has 3 aliphatic carbocycles. The van der Waals surface area contributed by atoms with Crippen LogP contribution in [0, 0.1) is 17.3 Å². The summed E-state index contributed by atoms with van der Waals surface area (Å²) in [5, 5.41) is 7.82. The zero-order valence-electron chi connectivity index (χ0n) is 29.2. The topological polar surface area (TPSA) is 79.9 Å². The molecule has 6 atom stereocenters. The summed E-state index contributed by atoms with van der Waals surface area (Å²) >= 11 is 12.8. The number of nitrogens with zero attached hydrogens (tertiary/aromatic N) is 1. The molecule has 0 spiro atoms. The van der Waals surface area contributed by atoms with E-state index in [1.807, 2.05) is 42.5 Å². The van der Waals surface area contributed by atoms with Gasteiger partial charge in [0.2, 0.25) is 5.91 Å². The van der Waals surface area contributed by atoms with Crippen LogP contribution in [0.2, 0.25) is 10.0 Å². The first-order valence-electron chi connectivity index (χ1n) is 17.5. The number of carbonyl (C=O) groups excluding carboxylic acids is 2. The van der Waals surface area contributed by atoms with Crippen molar-refractivity contribution in [3.8, 4) is 0 Å². The minimum Gasteiger partial charge on any atom is -0.404 e. The largest absolute Gasteiger partial charge is 0.481 e. The lowest BCUT2D eigenvalue weighted by Gasteiger charge is -2.60. The van der Waals surface area contributed by atoms with E-state index in [4.69, 9.17) is 32.5 Å². The lowest BCUT2D eigenvalue weighted by atomic mass is 9.47. The Labute approximate surface area is 306 Å². The van der Waals surface area contributed by atoms with Gasteiger partial charge in [-0.1, -0.05) is 99.1 Å². The van der Waals surface area contributed by atoms with Gasteiger partial charge in [-0.2, -0.15) is 0 Å². The van der Waals surface area contributed by atoms with Crippen molar-refractivity contribution in [3.05, 3.63) is 124 Å². The summed E-state index contributed by atoms with van der Waals surface area (Å²) in [4.78, 5) is 27.9. The zero-order valence-corrected chi connectivity index (χ0v) is 30.7. The first-order chi connectivity index (χ1) is 24.0. The molecule has 7 nitrogen and oxygen atoms in total. The Bertz CT molecular complexity index is 1750. The van der Waals surface area contributed by atoms with Crippen molar-refractivity contribution in [3.63, 3.8) is 0 Å². The van der Waals surface area contributed by atoms with Crippen molar-refractivity contribution in [1.82, 2.24) is 10.6 Å². The van der Waals surface area contributed by atoms with Gasteiger partial charge in [0.05, 0.1) is 34.8 Å². The van der Waals surface area contributed by atoms with Crippen LogP contribution in [0.15, 0.2) is 97.2 Å². The average Bonchev–Trinajstić information content (AvgIpc) is 3.56. The number of hydrogen-bond acceptors (Lipinski definition) is 5. The summed E-state index contributed by atoms with van der Waals surface area (Å²) in [7, 11) is 1.24. The molecule has 0 radical (unpaired) electrons. The van der Waals surface area contributed by atoms with E-state index >= 15 is 0 Å². The molecule has 50 heavy (non-hydrogen) atoms. The number of nitrogens with one attached hydrogen (secondary N) is 2. The van der Waals surface area contributed by atoms with Crippen LogP contribution in [0.1, 0.15) is 61.5 Å². The van der Waals surface area contributed by atoms with Gasteiger partial charge in [0.25, 0.3) is 5.91 Å². The molecule has 3 saturated carbocycles. The number of carbonyl (C=O) groups is 2. The van der Waals surface area contributed by atoms with Gasteiger partial charge in [0, 0.05) is 23.5 Å². The summed E-state index contributed by atoms with van der Waals surface area (Å²) in [5.41, 5.74) is 4.19. The Balaban J connectivity index is 1.33. The normalized spacial score (nSPS) is 23.2. The van der Waals surface area contributed by atoms with E-state index in [0.29, 0.717) is 40.3 Å². The van der Waals surface area contributed by atoms with Gasteiger partial charge in [-0.15, -0.1) is 0 Å². The second-order valence-corrected chi connectivity index (χ2v) is 15.2. The van der Waals surface area contributed by atoms with Crippen LogP contribution in [0.25, 0.3) is 0 Å². The predicted molar refractivity (Wildman–Crippen MR) is 202 cm³/mol. The molecule has 7 rings (SSSR count). The Hall–Kier alpha value is -3.56. The third-order valence-electron chi connectivity index (χ3n) is 10.9. The van der Waals surface area contributed by atoms with E-state index in [-0.39, 0.29) is 35.4 Å². The fourth-order valence-corrected chi connectivity index (χ4v) is 8.28. The molecule has 2 bridgehead atoms. The number of hydrogen-bond donors (Lipinski definition) is 2. The maximum absolute atomic E-state index is 13.9. The molecule has 10 heteroatoms. The second-order valence-electron chi connectivity index (χ2n) is 14.4. The Kier molecular flexibility index (Phi) is 11.1. The van der Waals surface area contributed by atoms with Crippen molar-refractivity contribution >= 4 is 47.8 Å². The number of halogens is 2. The molecule has 2 N–H and O–H groups in total. The number of amides is 2.